The van der Waals surface area contributed by atoms with E-state index in [0.717, 1.165) is 0 Å². The molecule has 0 fully saturated rings. The Labute approximate surface area is 318 Å². The zero-order valence-corrected chi connectivity index (χ0v) is 30.8. The van der Waals surface area contributed by atoms with Crippen LogP contribution in [0.5, 0.6) is 40.2 Å². The second-order valence-corrected chi connectivity index (χ2v) is 13.7. The van der Waals surface area contributed by atoms with Gasteiger partial charge in [0.15, 0.2) is 30.4 Å². The second-order valence-electron chi connectivity index (χ2n) is 11.7. The van der Waals surface area contributed by atoms with Crippen LogP contribution in [0.2, 0.25) is 0 Å². The first-order valence-corrected chi connectivity index (χ1v) is 18.9. The number of methoxy groups -OCH3 is 1. The molecular weight excluding hydrogens is 742 g/mol. The van der Waals surface area contributed by atoms with Crippen LogP contribution >= 0.6 is 17.2 Å². The van der Waals surface area contributed by atoms with Gasteiger partial charge in [-0.15, -0.1) is 0 Å². The minimum Gasteiger partial charge on any atom is -0.493 e. The maximum atomic E-state index is 14.7. The Bertz CT molecular complexity index is 2330. The topological polar surface area (TPSA) is 133 Å². The molecule has 1 atom stereocenters. The van der Waals surface area contributed by atoms with E-state index in [1.54, 1.807) is 121 Å². The molecule has 0 saturated heterocycles. The molecule has 0 heterocycles. The fourth-order valence-corrected chi connectivity index (χ4v) is 7.86. The lowest BCUT2D eigenvalue weighted by molar-refractivity contribution is 0.103. The SMILES string of the molecule is COc1ccccc1OP(Oc1ccccc1C=O)Oc1cccc2c1C(=O)c1c(cccc1OP(Oc1ccccc1C=O)Oc1ccccc1C=O)C2. The summed E-state index contributed by atoms with van der Waals surface area (Å²) in [4.78, 5) is 50.3. The molecule has 0 N–H and O–H groups in total. The largest absolute Gasteiger partial charge is 0.530 e. The zero-order chi connectivity index (χ0) is 38.1. The highest BCUT2D eigenvalue weighted by molar-refractivity contribution is 7.43. The van der Waals surface area contributed by atoms with E-state index in [0.29, 0.717) is 47.9 Å². The van der Waals surface area contributed by atoms with Gasteiger partial charge in [-0.05, 0) is 78.2 Å². The Morgan fingerprint density at radius 1 is 0.418 bits per heavy atom. The number of ether oxygens (including phenoxy) is 1. The van der Waals surface area contributed by atoms with Crippen molar-refractivity contribution in [1.29, 1.82) is 0 Å². The molecule has 0 bridgehead atoms. The number of ketones is 1. The number of aldehydes is 3. The van der Waals surface area contributed by atoms with E-state index in [-0.39, 0.29) is 56.6 Å². The zero-order valence-electron chi connectivity index (χ0n) is 29.0. The van der Waals surface area contributed by atoms with Crippen molar-refractivity contribution in [3.05, 3.63) is 172 Å². The smallest absolute Gasteiger partial charge is 0.493 e. The fourth-order valence-electron chi connectivity index (χ4n) is 5.72. The third-order valence-electron chi connectivity index (χ3n) is 8.30. The van der Waals surface area contributed by atoms with Gasteiger partial charge in [0.05, 0.1) is 34.9 Å². The molecule has 55 heavy (non-hydrogen) atoms. The molecular formula is C42H30O11P2. The lowest BCUT2D eigenvalue weighted by Gasteiger charge is -2.26. The van der Waals surface area contributed by atoms with Gasteiger partial charge in [-0.2, -0.15) is 0 Å². The van der Waals surface area contributed by atoms with Crippen LogP contribution in [0.15, 0.2) is 133 Å². The first-order chi connectivity index (χ1) is 27.0. The van der Waals surface area contributed by atoms with Gasteiger partial charge in [0.2, 0.25) is 5.78 Å². The Morgan fingerprint density at radius 2 is 0.745 bits per heavy atom. The van der Waals surface area contributed by atoms with E-state index in [1.165, 1.54) is 7.11 Å². The Balaban J connectivity index is 1.24. The average Bonchev–Trinajstić information content (AvgIpc) is 3.21. The fraction of sp³-hybridized carbons (Fsp3) is 0.0476. The summed E-state index contributed by atoms with van der Waals surface area (Å²) in [6, 6.07) is 37.0. The first kappa shape index (κ1) is 36.8. The highest BCUT2D eigenvalue weighted by Crippen LogP contribution is 2.50. The van der Waals surface area contributed by atoms with Crippen LogP contribution in [-0.2, 0) is 6.42 Å². The van der Waals surface area contributed by atoms with Crippen molar-refractivity contribution in [2.24, 2.45) is 0 Å². The second kappa shape index (κ2) is 17.1. The van der Waals surface area contributed by atoms with Crippen molar-refractivity contribution in [3.63, 3.8) is 0 Å². The van der Waals surface area contributed by atoms with Crippen molar-refractivity contribution in [2.75, 3.05) is 7.11 Å². The van der Waals surface area contributed by atoms with Crippen molar-refractivity contribution in [3.8, 4) is 40.2 Å². The van der Waals surface area contributed by atoms with E-state index in [4.69, 9.17) is 31.9 Å². The molecule has 0 aromatic heterocycles. The van der Waals surface area contributed by atoms with Crippen LogP contribution in [0.25, 0.3) is 0 Å². The molecule has 1 aliphatic rings. The summed E-state index contributed by atoms with van der Waals surface area (Å²) in [5.74, 6) is 1.22. The van der Waals surface area contributed by atoms with Gasteiger partial charge in [-0.1, -0.05) is 72.8 Å². The summed E-state index contributed by atoms with van der Waals surface area (Å²) in [5.41, 5.74) is 2.61. The highest BCUT2D eigenvalue weighted by atomic mass is 31.2. The number of fused-ring (bicyclic) bond motifs is 2. The predicted octanol–water partition coefficient (Wildman–Crippen LogP) is 9.80. The van der Waals surface area contributed by atoms with Gasteiger partial charge in [0.25, 0.3) is 0 Å². The van der Waals surface area contributed by atoms with Crippen LogP contribution in [0, 0.1) is 0 Å². The van der Waals surface area contributed by atoms with Gasteiger partial charge in [0.1, 0.15) is 28.7 Å². The van der Waals surface area contributed by atoms with E-state index in [2.05, 4.69) is 0 Å². The number of rotatable bonds is 16. The number of para-hydroxylation sites is 5. The highest BCUT2D eigenvalue weighted by Gasteiger charge is 2.34. The molecule has 11 nitrogen and oxygen atoms in total. The lowest BCUT2D eigenvalue weighted by atomic mass is 9.84. The molecule has 0 radical (unpaired) electrons. The molecule has 1 aliphatic carbocycles. The van der Waals surface area contributed by atoms with Crippen LogP contribution in [0.1, 0.15) is 58.1 Å². The van der Waals surface area contributed by atoms with Gasteiger partial charge < -0.3 is 31.9 Å². The Kier molecular flexibility index (Phi) is 11.4. The normalized spacial score (nSPS) is 12.0. The van der Waals surface area contributed by atoms with Crippen LogP contribution in [0.4, 0.5) is 0 Å². The number of benzene rings is 6. The van der Waals surface area contributed by atoms with Crippen molar-refractivity contribution >= 4 is 41.8 Å². The molecule has 0 aliphatic heterocycles. The summed E-state index contributed by atoms with van der Waals surface area (Å²) in [6.07, 6.45) is 2.28. The minimum atomic E-state index is -2.40. The van der Waals surface area contributed by atoms with Gasteiger partial charge >= 0.3 is 17.2 Å². The maximum Gasteiger partial charge on any atom is 0.530 e. The summed E-state index contributed by atoms with van der Waals surface area (Å²) >= 11 is 0. The quantitative estimate of drug-likeness (QED) is 0.0687. The van der Waals surface area contributed by atoms with E-state index in [9.17, 15) is 19.2 Å². The minimum absolute atomic E-state index is 0.143. The standard InChI is InChI=1S/C42H30O11P2/c1-47-36-20-8-9-21-37(36)51-55(50-35-19-7-4-14-32(35)27-45)53-39-23-11-16-29-24-28-15-10-22-38(40(28)42(46)41(29)39)52-54(48-33-17-5-2-12-30(33)25-43)49-34-18-6-3-13-31(34)26-44/h2-23,25-27H,24H2,1H3. The molecule has 7 rings (SSSR count). The van der Waals surface area contributed by atoms with Gasteiger partial charge in [-0.25, -0.2) is 0 Å². The average molecular weight is 773 g/mol. The molecule has 0 saturated carbocycles. The number of hydrogen-bond acceptors (Lipinski definition) is 11. The Hall–Kier alpha value is -6.54. The molecule has 0 amide bonds. The maximum absolute atomic E-state index is 14.7. The number of carbonyl (C=O) groups excluding carboxylic acids is 4. The summed E-state index contributed by atoms with van der Waals surface area (Å²) in [7, 11) is -3.24. The number of carbonyl (C=O) groups is 4. The van der Waals surface area contributed by atoms with Crippen molar-refractivity contribution in [1.82, 2.24) is 0 Å². The van der Waals surface area contributed by atoms with Crippen molar-refractivity contribution < 1.29 is 51.1 Å². The van der Waals surface area contributed by atoms with Crippen LogP contribution < -0.4 is 31.9 Å². The summed E-state index contributed by atoms with van der Waals surface area (Å²) < 4.78 is 43.0. The van der Waals surface area contributed by atoms with E-state index < -0.39 is 23.0 Å². The lowest BCUT2D eigenvalue weighted by Crippen LogP contribution is -2.18. The predicted molar refractivity (Wildman–Crippen MR) is 205 cm³/mol. The molecule has 0 spiro atoms. The van der Waals surface area contributed by atoms with Crippen LogP contribution in [0.3, 0.4) is 0 Å². The van der Waals surface area contributed by atoms with E-state index >= 15 is 0 Å². The summed E-state index contributed by atoms with van der Waals surface area (Å²) in [5, 5.41) is 0. The van der Waals surface area contributed by atoms with Crippen LogP contribution in [-0.4, -0.2) is 31.8 Å². The molecule has 274 valence electrons. The third kappa shape index (κ3) is 8.19. The van der Waals surface area contributed by atoms with Gasteiger partial charge in [-0.3, -0.25) is 19.2 Å². The third-order valence-corrected chi connectivity index (χ3v) is 10.4. The summed E-state index contributed by atoms with van der Waals surface area (Å²) in [6.45, 7) is 0. The molecule has 6 aromatic rings. The first-order valence-electron chi connectivity index (χ1n) is 16.7. The van der Waals surface area contributed by atoms with Crippen molar-refractivity contribution in [2.45, 2.75) is 6.42 Å². The Morgan fingerprint density at radius 3 is 1.15 bits per heavy atom. The molecule has 1 unspecified atom stereocenters. The van der Waals surface area contributed by atoms with E-state index in [1.807, 2.05) is 12.1 Å². The monoisotopic (exact) mass is 772 g/mol. The molecule has 13 heteroatoms. The molecule has 6 aromatic carbocycles. The number of hydrogen-bond donors (Lipinski definition) is 0. The van der Waals surface area contributed by atoms with Gasteiger partial charge in [0, 0.05) is 0 Å².